The minimum Gasteiger partial charge on any atom is -0.378 e. The Kier molecular flexibility index (Phi) is 6.01. The minimum absolute atomic E-state index is 0.00440. The zero-order valence-electron chi connectivity index (χ0n) is 12.3. The molecule has 0 bridgehead atoms. The Balaban J connectivity index is 1.81. The second-order valence-corrected chi connectivity index (χ2v) is 5.56. The van der Waals surface area contributed by atoms with Crippen LogP contribution >= 0.6 is 11.3 Å². The summed E-state index contributed by atoms with van der Waals surface area (Å²) in [6, 6.07) is 6.36. The number of carbonyl (C=O) groups is 1. The van der Waals surface area contributed by atoms with Crippen LogP contribution in [0.3, 0.4) is 0 Å². The summed E-state index contributed by atoms with van der Waals surface area (Å²) < 4.78 is 0. The molecule has 0 saturated carbocycles. The molecule has 1 amide bonds. The largest absolute Gasteiger partial charge is 0.378 e. The lowest BCUT2D eigenvalue weighted by atomic mass is 10.2. The average molecular weight is 335 g/mol. The smallest absolute Gasteiger partial charge is 0.292 e. The van der Waals surface area contributed by atoms with Crippen LogP contribution in [0.4, 0.5) is 11.4 Å². The van der Waals surface area contributed by atoms with E-state index in [-0.39, 0.29) is 11.6 Å². The van der Waals surface area contributed by atoms with E-state index in [1.54, 1.807) is 23.6 Å². The number of nitrogens with one attached hydrogen (secondary N) is 2. The van der Waals surface area contributed by atoms with E-state index in [1.807, 2.05) is 0 Å². The van der Waals surface area contributed by atoms with Crippen molar-refractivity contribution >= 4 is 28.6 Å². The van der Waals surface area contributed by atoms with Crippen molar-refractivity contribution in [3.05, 3.63) is 50.5 Å². The first-order valence-corrected chi connectivity index (χ1v) is 7.89. The summed E-state index contributed by atoms with van der Waals surface area (Å²) in [6.45, 7) is 1.19. The monoisotopic (exact) mass is 335 g/mol. The van der Waals surface area contributed by atoms with Gasteiger partial charge in [0, 0.05) is 31.0 Å². The fourth-order valence-corrected chi connectivity index (χ4v) is 2.69. The lowest BCUT2D eigenvalue weighted by Crippen LogP contribution is -2.29. The molecule has 0 radical (unpaired) electrons. The number of rotatable bonds is 8. The number of nitrogens with zero attached hydrogens (tertiary/aromatic N) is 2. The molecule has 0 saturated heterocycles. The van der Waals surface area contributed by atoms with Crippen LogP contribution in [0.15, 0.2) is 29.6 Å². The predicted molar refractivity (Wildman–Crippen MR) is 88.8 cm³/mol. The Bertz CT molecular complexity index is 689. The number of hydrogen-bond donors (Lipinski definition) is 3. The Labute approximate surface area is 136 Å². The van der Waals surface area contributed by atoms with Crippen LogP contribution in [-0.4, -0.2) is 35.4 Å². The zero-order valence-corrected chi connectivity index (χ0v) is 13.1. The maximum atomic E-state index is 11.9. The van der Waals surface area contributed by atoms with Gasteiger partial charge in [0.2, 0.25) is 0 Å². The highest BCUT2D eigenvalue weighted by molar-refractivity contribution is 7.09. The van der Waals surface area contributed by atoms with Gasteiger partial charge in [-0.3, -0.25) is 14.9 Å². The van der Waals surface area contributed by atoms with Crippen LogP contribution in [0.1, 0.15) is 15.5 Å². The summed E-state index contributed by atoms with van der Waals surface area (Å²) in [4.78, 5) is 26.5. The number of hydrogen-bond acceptors (Lipinski definition) is 7. The van der Waals surface area contributed by atoms with Gasteiger partial charge < -0.3 is 16.4 Å². The third-order valence-electron chi connectivity index (χ3n) is 2.97. The third kappa shape index (κ3) is 4.73. The highest BCUT2D eigenvalue weighted by Crippen LogP contribution is 2.22. The van der Waals surface area contributed by atoms with E-state index in [1.165, 1.54) is 17.4 Å². The summed E-state index contributed by atoms with van der Waals surface area (Å²) in [5, 5.41) is 19.1. The maximum absolute atomic E-state index is 11.9. The molecule has 2 rings (SSSR count). The van der Waals surface area contributed by atoms with E-state index in [0.29, 0.717) is 37.4 Å². The van der Waals surface area contributed by atoms with Gasteiger partial charge in [0.25, 0.3) is 11.6 Å². The number of nitro groups is 1. The molecule has 1 aromatic carbocycles. The SMILES string of the molecule is NCCc1nc(C(=O)NCCNc2ccccc2[N+](=O)[O-])cs1. The highest BCUT2D eigenvalue weighted by Gasteiger charge is 2.12. The van der Waals surface area contributed by atoms with Gasteiger partial charge in [0.1, 0.15) is 11.4 Å². The van der Waals surface area contributed by atoms with Crippen molar-refractivity contribution in [2.75, 3.05) is 25.0 Å². The molecule has 0 aliphatic heterocycles. The van der Waals surface area contributed by atoms with Crippen LogP contribution in [0, 0.1) is 10.1 Å². The normalized spacial score (nSPS) is 10.3. The number of thiazole rings is 1. The van der Waals surface area contributed by atoms with Crippen molar-refractivity contribution in [3.63, 3.8) is 0 Å². The molecule has 4 N–H and O–H groups in total. The van der Waals surface area contributed by atoms with E-state index in [9.17, 15) is 14.9 Å². The molecule has 122 valence electrons. The number of nitro benzene ring substituents is 1. The first-order chi connectivity index (χ1) is 11.1. The van der Waals surface area contributed by atoms with Crippen molar-refractivity contribution in [3.8, 4) is 0 Å². The number of amides is 1. The Morgan fingerprint density at radius 2 is 2.13 bits per heavy atom. The van der Waals surface area contributed by atoms with Gasteiger partial charge >= 0.3 is 0 Å². The van der Waals surface area contributed by atoms with Crippen molar-refractivity contribution in [1.29, 1.82) is 0 Å². The predicted octanol–water partition coefficient (Wildman–Crippen LogP) is 1.39. The molecule has 9 heteroatoms. The van der Waals surface area contributed by atoms with Crippen molar-refractivity contribution < 1.29 is 9.72 Å². The summed E-state index contributed by atoms with van der Waals surface area (Å²) in [5.41, 5.74) is 6.23. The number of anilines is 1. The summed E-state index contributed by atoms with van der Waals surface area (Å²) in [7, 11) is 0. The standard InChI is InChI=1S/C14H17N5O3S/c15-6-5-13-18-11(9-23-13)14(20)17-8-7-16-10-3-1-2-4-12(10)19(21)22/h1-4,9,16H,5-8,15H2,(H,17,20). The van der Waals surface area contributed by atoms with E-state index in [4.69, 9.17) is 5.73 Å². The lowest BCUT2D eigenvalue weighted by molar-refractivity contribution is -0.384. The van der Waals surface area contributed by atoms with Gasteiger partial charge in [-0.15, -0.1) is 11.3 Å². The van der Waals surface area contributed by atoms with Gasteiger partial charge in [0.15, 0.2) is 0 Å². The fourth-order valence-electron chi connectivity index (χ4n) is 1.90. The van der Waals surface area contributed by atoms with Gasteiger partial charge in [-0.25, -0.2) is 4.98 Å². The van der Waals surface area contributed by atoms with Crippen LogP contribution in [0.2, 0.25) is 0 Å². The summed E-state index contributed by atoms with van der Waals surface area (Å²) in [5.74, 6) is -0.270. The summed E-state index contributed by atoms with van der Waals surface area (Å²) >= 11 is 1.40. The van der Waals surface area contributed by atoms with Gasteiger partial charge in [-0.1, -0.05) is 12.1 Å². The van der Waals surface area contributed by atoms with Gasteiger partial charge in [-0.05, 0) is 12.6 Å². The Morgan fingerprint density at radius 3 is 2.87 bits per heavy atom. The average Bonchev–Trinajstić information content (AvgIpc) is 3.01. The van der Waals surface area contributed by atoms with Crippen LogP contribution < -0.4 is 16.4 Å². The number of benzene rings is 1. The molecule has 2 aromatic rings. The molecular formula is C14H17N5O3S. The lowest BCUT2D eigenvalue weighted by Gasteiger charge is -2.07. The number of aromatic nitrogens is 1. The first-order valence-electron chi connectivity index (χ1n) is 7.01. The molecule has 8 nitrogen and oxygen atoms in total. The van der Waals surface area contributed by atoms with Crippen LogP contribution in [0.5, 0.6) is 0 Å². The topological polar surface area (TPSA) is 123 Å². The quantitative estimate of drug-likeness (QED) is 0.380. The Hall–Kier alpha value is -2.52. The van der Waals surface area contributed by atoms with E-state index < -0.39 is 4.92 Å². The Morgan fingerprint density at radius 1 is 1.35 bits per heavy atom. The molecule has 23 heavy (non-hydrogen) atoms. The van der Waals surface area contributed by atoms with Crippen LogP contribution in [-0.2, 0) is 6.42 Å². The molecule has 0 aliphatic rings. The second-order valence-electron chi connectivity index (χ2n) is 4.62. The van der Waals surface area contributed by atoms with Gasteiger partial charge in [-0.2, -0.15) is 0 Å². The number of nitrogens with two attached hydrogens (primary N) is 1. The van der Waals surface area contributed by atoms with E-state index >= 15 is 0 Å². The molecule has 0 atom stereocenters. The highest BCUT2D eigenvalue weighted by atomic mass is 32.1. The molecule has 1 heterocycles. The van der Waals surface area contributed by atoms with Crippen molar-refractivity contribution in [2.24, 2.45) is 5.73 Å². The third-order valence-corrected chi connectivity index (χ3v) is 3.88. The van der Waals surface area contributed by atoms with Crippen molar-refractivity contribution in [1.82, 2.24) is 10.3 Å². The molecule has 0 unspecified atom stereocenters. The van der Waals surface area contributed by atoms with Crippen LogP contribution in [0.25, 0.3) is 0 Å². The first kappa shape index (κ1) is 16.8. The molecule has 0 spiro atoms. The van der Waals surface area contributed by atoms with E-state index in [0.717, 1.165) is 5.01 Å². The van der Waals surface area contributed by atoms with Crippen molar-refractivity contribution in [2.45, 2.75) is 6.42 Å². The number of para-hydroxylation sites is 2. The number of carbonyl (C=O) groups excluding carboxylic acids is 1. The summed E-state index contributed by atoms with van der Waals surface area (Å²) in [6.07, 6.45) is 0.650. The molecular weight excluding hydrogens is 318 g/mol. The van der Waals surface area contributed by atoms with Gasteiger partial charge in [0.05, 0.1) is 9.93 Å². The molecule has 0 fully saturated rings. The van der Waals surface area contributed by atoms with E-state index in [2.05, 4.69) is 15.6 Å². The minimum atomic E-state index is -0.449. The zero-order chi connectivity index (χ0) is 16.7. The second kappa shape index (κ2) is 8.20. The molecule has 1 aromatic heterocycles. The fraction of sp³-hybridized carbons (Fsp3) is 0.286. The maximum Gasteiger partial charge on any atom is 0.292 e. The molecule has 0 aliphatic carbocycles.